The van der Waals surface area contributed by atoms with Crippen LogP contribution in [0, 0.1) is 0 Å². The molecule has 1 N–H and O–H groups in total. The molecule has 5 heteroatoms. The first kappa shape index (κ1) is 14.8. The molecule has 0 spiro atoms. The summed E-state index contributed by atoms with van der Waals surface area (Å²) in [5.74, 6) is -0.00133. The molecule has 0 fully saturated rings. The van der Waals surface area contributed by atoms with Crippen LogP contribution in [0.3, 0.4) is 0 Å². The summed E-state index contributed by atoms with van der Waals surface area (Å²) >= 11 is 1.58. The van der Waals surface area contributed by atoms with E-state index in [0.29, 0.717) is 6.42 Å². The van der Waals surface area contributed by atoms with Gasteiger partial charge in [-0.1, -0.05) is 49.7 Å². The first-order chi connectivity index (χ1) is 9.72. The number of fused-ring (bicyclic) bond motifs is 1. The number of amides is 1. The maximum Gasteiger partial charge on any atom is 0.240 e. The molecular formula is C15H21N3OS. The van der Waals surface area contributed by atoms with Crippen molar-refractivity contribution in [3.05, 3.63) is 29.1 Å². The third-order valence-electron chi connectivity index (χ3n) is 3.25. The van der Waals surface area contributed by atoms with Gasteiger partial charge in [-0.2, -0.15) is 0 Å². The number of unbranched alkanes of at least 4 members (excludes halogenated alkanes) is 3. The number of carbonyl (C=O) groups excluding carboxylic acids is 1. The van der Waals surface area contributed by atoms with Crippen LogP contribution in [0.4, 0.5) is 0 Å². The van der Waals surface area contributed by atoms with Crippen molar-refractivity contribution in [2.75, 3.05) is 0 Å². The predicted molar refractivity (Wildman–Crippen MR) is 83.3 cm³/mol. The smallest absolute Gasteiger partial charge is 0.240 e. The summed E-state index contributed by atoms with van der Waals surface area (Å²) in [6.45, 7) is 2.16. The van der Waals surface area contributed by atoms with E-state index in [-0.39, 0.29) is 5.91 Å². The molecule has 2 rings (SSSR count). The Labute approximate surface area is 123 Å². The summed E-state index contributed by atoms with van der Waals surface area (Å²) in [5.41, 5.74) is 3.79. The van der Waals surface area contributed by atoms with Crippen molar-refractivity contribution in [3.8, 4) is 0 Å². The highest BCUT2D eigenvalue weighted by Crippen LogP contribution is 2.14. The summed E-state index contributed by atoms with van der Waals surface area (Å²) in [7, 11) is 1.96. The maximum absolute atomic E-state index is 11.7. The Bertz CT molecular complexity index is 642. The Hall–Kier alpha value is -1.62. The van der Waals surface area contributed by atoms with Gasteiger partial charge in [0.2, 0.25) is 10.7 Å². The number of nitrogens with zero attached hydrogens (tertiary/aromatic N) is 2. The average molecular weight is 291 g/mol. The lowest BCUT2D eigenvalue weighted by Gasteiger charge is -1.99. The number of aromatic nitrogens is 1. The molecule has 1 aromatic carbocycles. The summed E-state index contributed by atoms with van der Waals surface area (Å²) in [6, 6.07) is 8.13. The van der Waals surface area contributed by atoms with Gasteiger partial charge in [-0.15, -0.1) is 5.10 Å². The van der Waals surface area contributed by atoms with Crippen LogP contribution in [0.5, 0.6) is 0 Å². The van der Waals surface area contributed by atoms with Crippen molar-refractivity contribution in [1.82, 2.24) is 9.99 Å². The van der Waals surface area contributed by atoms with Gasteiger partial charge in [0, 0.05) is 13.5 Å². The minimum atomic E-state index is -0.00133. The summed E-state index contributed by atoms with van der Waals surface area (Å²) in [6.07, 6.45) is 4.98. The van der Waals surface area contributed by atoms with Gasteiger partial charge >= 0.3 is 0 Å². The number of aryl methyl sites for hydroxylation is 1. The molecule has 0 unspecified atom stereocenters. The van der Waals surface area contributed by atoms with E-state index in [1.54, 1.807) is 11.3 Å². The first-order valence-corrected chi connectivity index (χ1v) is 7.91. The largest absolute Gasteiger partial charge is 0.318 e. The number of rotatable bonds is 6. The van der Waals surface area contributed by atoms with Crippen LogP contribution in [-0.4, -0.2) is 10.5 Å². The lowest BCUT2D eigenvalue weighted by molar-refractivity contribution is -0.121. The van der Waals surface area contributed by atoms with Gasteiger partial charge in [-0.25, -0.2) is 5.43 Å². The van der Waals surface area contributed by atoms with Crippen molar-refractivity contribution >= 4 is 27.5 Å². The van der Waals surface area contributed by atoms with E-state index in [1.165, 1.54) is 17.5 Å². The lowest BCUT2D eigenvalue weighted by Crippen LogP contribution is -2.22. The van der Waals surface area contributed by atoms with Crippen molar-refractivity contribution in [3.63, 3.8) is 0 Å². The van der Waals surface area contributed by atoms with Crippen LogP contribution in [0.25, 0.3) is 10.2 Å². The molecular weight excluding hydrogens is 270 g/mol. The van der Waals surface area contributed by atoms with Crippen molar-refractivity contribution in [2.24, 2.45) is 12.1 Å². The van der Waals surface area contributed by atoms with Gasteiger partial charge < -0.3 is 4.57 Å². The third kappa shape index (κ3) is 3.70. The van der Waals surface area contributed by atoms with E-state index in [4.69, 9.17) is 0 Å². The minimum absolute atomic E-state index is 0.00133. The Morgan fingerprint density at radius 3 is 2.85 bits per heavy atom. The highest BCUT2D eigenvalue weighted by molar-refractivity contribution is 7.16. The number of benzene rings is 1. The Kier molecular flexibility index (Phi) is 5.35. The molecule has 4 nitrogen and oxygen atoms in total. The highest BCUT2D eigenvalue weighted by atomic mass is 32.1. The zero-order valence-electron chi connectivity index (χ0n) is 12.1. The monoisotopic (exact) mass is 291 g/mol. The first-order valence-electron chi connectivity index (χ1n) is 7.09. The van der Waals surface area contributed by atoms with Crippen LogP contribution in [-0.2, 0) is 11.8 Å². The summed E-state index contributed by atoms with van der Waals surface area (Å²) in [4.78, 5) is 12.5. The zero-order chi connectivity index (χ0) is 14.4. The molecule has 108 valence electrons. The van der Waals surface area contributed by atoms with E-state index in [9.17, 15) is 4.79 Å². The lowest BCUT2D eigenvalue weighted by atomic mass is 10.1. The van der Waals surface area contributed by atoms with Crippen LogP contribution < -0.4 is 10.2 Å². The van der Waals surface area contributed by atoms with E-state index in [2.05, 4.69) is 29.6 Å². The Balaban J connectivity index is 1.99. The fraction of sp³-hybridized carbons (Fsp3) is 0.467. The fourth-order valence-electron chi connectivity index (χ4n) is 2.07. The van der Waals surface area contributed by atoms with Gasteiger partial charge in [0.25, 0.3) is 0 Å². The van der Waals surface area contributed by atoms with E-state index in [1.807, 2.05) is 23.7 Å². The zero-order valence-corrected chi connectivity index (χ0v) is 12.9. The number of thiazole rings is 1. The Morgan fingerprint density at radius 2 is 2.10 bits per heavy atom. The highest BCUT2D eigenvalue weighted by Gasteiger charge is 2.03. The van der Waals surface area contributed by atoms with Gasteiger partial charge in [0.05, 0.1) is 10.2 Å². The molecule has 1 amide bonds. The van der Waals surface area contributed by atoms with Gasteiger partial charge in [0.15, 0.2) is 0 Å². The SMILES string of the molecule is CCCCCCC(=O)N/N=c1\sc2ccccc2n1C. The molecule has 0 aliphatic carbocycles. The number of para-hydroxylation sites is 1. The van der Waals surface area contributed by atoms with Crippen molar-refractivity contribution in [1.29, 1.82) is 0 Å². The molecule has 0 aliphatic heterocycles. The molecule has 20 heavy (non-hydrogen) atoms. The molecule has 0 atom stereocenters. The predicted octanol–water partition coefficient (Wildman–Crippen LogP) is 3.14. The topological polar surface area (TPSA) is 46.4 Å². The standard InChI is InChI=1S/C15H21N3OS/c1-3-4-5-6-11-14(19)16-17-15-18(2)12-9-7-8-10-13(12)20-15/h7-10H,3-6,11H2,1-2H3,(H,16,19)/b17-15-. The summed E-state index contributed by atoms with van der Waals surface area (Å²) in [5, 5.41) is 4.22. The van der Waals surface area contributed by atoms with E-state index >= 15 is 0 Å². The Morgan fingerprint density at radius 1 is 1.30 bits per heavy atom. The van der Waals surface area contributed by atoms with Crippen LogP contribution >= 0.6 is 11.3 Å². The number of hydrogen-bond donors (Lipinski definition) is 1. The fourth-order valence-corrected chi connectivity index (χ4v) is 3.05. The maximum atomic E-state index is 11.7. The van der Waals surface area contributed by atoms with Gasteiger partial charge in [-0.05, 0) is 18.6 Å². The molecule has 2 aromatic rings. The van der Waals surface area contributed by atoms with Crippen molar-refractivity contribution < 1.29 is 4.79 Å². The minimum Gasteiger partial charge on any atom is -0.318 e. The molecule has 0 radical (unpaired) electrons. The second-order valence-electron chi connectivity index (χ2n) is 4.87. The van der Waals surface area contributed by atoms with Gasteiger partial charge in [0.1, 0.15) is 0 Å². The molecule has 1 heterocycles. The quantitative estimate of drug-likeness (QED) is 0.645. The molecule has 0 saturated carbocycles. The number of nitrogens with one attached hydrogen (secondary N) is 1. The van der Waals surface area contributed by atoms with Crippen molar-refractivity contribution in [2.45, 2.75) is 39.0 Å². The van der Waals surface area contributed by atoms with E-state index in [0.717, 1.165) is 23.2 Å². The van der Waals surface area contributed by atoms with Crippen LogP contribution in [0.15, 0.2) is 29.4 Å². The average Bonchev–Trinajstić information content (AvgIpc) is 2.78. The molecule has 0 bridgehead atoms. The third-order valence-corrected chi connectivity index (χ3v) is 4.36. The van der Waals surface area contributed by atoms with Crippen LogP contribution in [0.1, 0.15) is 39.0 Å². The number of carbonyl (C=O) groups is 1. The second-order valence-corrected chi connectivity index (χ2v) is 5.88. The van der Waals surface area contributed by atoms with Gasteiger partial charge in [-0.3, -0.25) is 4.79 Å². The second kappa shape index (κ2) is 7.24. The number of hydrogen-bond acceptors (Lipinski definition) is 3. The molecule has 0 saturated heterocycles. The van der Waals surface area contributed by atoms with Crippen LogP contribution in [0.2, 0.25) is 0 Å². The molecule has 1 aromatic heterocycles. The molecule has 0 aliphatic rings. The normalized spacial score (nSPS) is 12.0. The van der Waals surface area contributed by atoms with E-state index < -0.39 is 0 Å². The summed E-state index contributed by atoms with van der Waals surface area (Å²) < 4.78 is 3.17.